The summed E-state index contributed by atoms with van der Waals surface area (Å²) in [4.78, 5) is 11.8. The SMILES string of the molecule is CC(CNCC1CCC1)C(=O)OCc1ccccc1. The summed E-state index contributed by atoms with van der Waals surface area (Å²) >= 11 is 0. The highest BCUT2D eigenvalue weighted by Crippen LogP contribution is 2.25. The van der Waals surface area contributed by atoms with Crippen molar-refractivity contribution in [1.82, 2.24) is 5.32 Å². The van der Waals surface area contributed by atoms with Crippen molar-refractivity contribution >= 4 is 5.97 Å². The molecule has 0 amide bonds. The van der Waals surface area contributed by atoms with Crippen LogP contribution in [0.15, 0.2) is 30.3 Å². The molecule has 19 heavy (non-hydrogen) atoms. The van der Waals surface area contributed by atoms with E-state index < -0.39 is 0 Å². The molecule has 1 aromatic rings. The largest absolute Gasteiger partial charge is 0.461 e. The molecule has 1 fully saturated rings. The molecule has 1 saturated carbocycles. The first-order valence-corrected chi connectivity index (χ1v) is 7.17. The molecule has 0 heterocycles. The quantitative estimate of drug-likeness (QED) is 0.767. The number of nitrogens with one attached hydrogen (secondary N) is 1. The van der Waals surface area contributed by atoms with Crippen molar-refractivity contribution < 1.29 is 9.53 Å². The van der Waals surface area contributed by atoms with Crippen LogP contribution in [0.3, 0.4) is 0 Å². The van der Waals surface area contributed by atoms with Crippen LogP contribution in [0.5, 0.6) is 0 Å². The molecule has 1 aliphatic carbocycles. The monoisotopic (exact) mass is 261 g/mol. The molecule has 1 aromatic carbocycles. The zero-order valence-electron chi connectivity index (χ0n) is 11.6. The normalized spacial score (nSPS) is 16.7. The van der Waals surface area contributed by atoms with Gasteiger partial charge in [0.15, 0.2) is 0 Å². The summed E-state index contributed by atoms with van der Waals surface area (Å²) in [6.07, 6.45) is 4.03. The van der Waals surface area contributed by atoms with Gasteiger partial charge >= 0.3 is 5.97 Å². The fourth-order valence-electron chi connectivity index (χ4n) is 2.16. The molecular weight excluding hydrogens is 238 g/mol. The first-order chi connectivity index (χ1) is 9.25. The average molecular weight is 261 g/mol. The van der Waals surface area contributed by atoms with Crippen LogP contribution in [0.1, 0.15) is 31.7 Å². The second-order valence-corrected chi connectivity index (χ2v) is 5.45. The summed E-state index contributed by atoms with van der Waals surface area (Å²) in [6, 6.07) is 9.79. The van der Waals surface area contributed by atoms with Gasteiger partial charge in [0.1, 0.15) is 6.61 Å². The molecule has 3 nitrogen and oxygen atoms in total. The van der Waals surface area contributed by atoms with Crippen molar-refractivity contribution in [1.29, 1.82) is 0 Å². The van der Waals surface area contributed by atoms with E-state index in [1.807, 2.05) is 37.3 Å². The van der Waals surface area contributed by atoms with Gasteiger partial charge in [-0.3, -0.25) is 4.79 Å². The minimum absolute atomic E-state index is 0.0798. The summed E-state index contributed by atoms with van der Waals surface area (Å²) in [6.45, 7) is 4.04. The maximum atomic E-state index is 11.8. The second-order valence-electron chi connectivity index (χ2n) is 5.45. The highest BCUT2D eigenvalue weighted by atomic mass is 16.5. The summed E-state index contributed by atoms with van der Waals surface area (Å²) in [7, 11) is 0. The molecular formula is C16H23NO2. The molecule has 1 aliphatic rings. The molecule has 0 radical (unpaired) electrons. The van der Waals surface area contributed by atoms with Crippen molar-refractivity contribution in [2.24, 2.45) is 11.8 Å². The van der Waals surface area contributed by atoms with E-state index in [1.54, 1.807) is 0 Å². The number of hydrogen-bond acceptors (Lipinski definition) is 3. The molecule has 1 unspecified atom stereocenters. The minimum Gasteiger partial charge on any atom is -0.461 e. The average Bonchev–Trinajstić information content (AvgIpc) is 2.39. The summed E-state index contributed by atoms with van der Waals surface area (Å²) in [5.41, 5.74) is 1.03. The Morgan fingerprint density at radius 2 is 2.11 bits per heavy atom. The standard InChI is InChI=1S/C16H23NO2/c1-13(10-17-11-14-8-5-9-14)16(18)19-12-15-6-3-2-4-7-15/h2-4,6-7,13-14,17H,5,8-12H2,1H3. The first kappa shape index (κ1) is 14.1. The van der Waals surface area contributed by atoms with Gasteiger partial charge in [-0.1, -0.05) is 43.7 Å². The second kappa shape index (κ2) is 7.29. The highest BCUT2D eigenvalue weighted by molar-refractivity contribution is 5.72. The van der Waals surface area contributed by atoms with Gasteiger partial charge in [-0.25, -0.2) is 0 Å². The number of rotatable bonds is 7. The zero-order valence-corrected chi connectivity index (χ0v) is 11.6. The number of ether oxygens (including phenoxy) is 1. The fraction of sp³-hybridized carbons (Fsp3) is 0.562. The summed E-state index contributed by atoms with van der Waals surface area (Å²) < 4.78 is 5.31. The van der Waals surface area contributed by atoms with Gasteiger partial charge in [0.2, 0.25) is 0 Å². The minimum atomic E-state index is -0.120. The lowest BCUT2D eigenvalue weighted by Gasteiger charge is -2.26. The van der Waals surface area contributed by atoms with Crippen molar-refractivity contribution in [3.05, 3.63) is 35.9 Å². The lowest BCUT2D eigenvalue weighted by molar-refractivity contribution is -0.149. The molecule has 3 heteroatoms. The lowest BCUT2D eigenvalue weighted by Crippen LogP contribution is -2.33. The summed E-state index contributed by atoms with van der Waals surface area (Å²) in [5.74, 6) is 0.626. The van der Waals surface area contributed by atoms with Gasteiger partial charge in [-0.2, -0.15) is 0 Å². The highest BCUT2D eigenvalue weighted by Gasteiger charge is 2.18. The smallest absolute Gasteiger partial charge is 0.310 e. The van der Waals surface area contributed by atoms with Crippen molar-refractivity contribution in [3.8, 4) is 0 Å². The van der Waals surface area contributed by atoms with Crippen LogP contribution in [0.2, 0.25) is 0 Å². The molecule has 1 N–H and O–H groups in total. The van der Waals surface area contributed by atoms with E-state index >= 15 is 0 Å². The Hall–Kier alpha value is -1.35. The van der Waals surface area contributed by atoms with E-state index in [0.29, 0.717) is 13.2 Å². The van der Waals surface area contributed by atoms with Gasteiger partial charge in [-0.15, -0.1) is 0 Å². The molecule has 2 rings (SSSR count). The number of hydrogen-bond donors (Lipinski definition) is 1. The van der Waals surface area contributed by atoms with Gasteiger partial charge < -0.3 is 10.1 Å². The number of benzene rings is 1. The Labute approximate surface area is 115 Å². The van der Waals surface area contributed by atoms with Crippen molar-refractivity contribution in [2.45, 2.75) is 32.8 Å². The zero-order chi connectivity index (χ0) is 13.5. The third-order valence-corrected chi connectivity index (χ3v) is 3.73. The molecule has 104 valence electrons. The van der Waals surface area contributed by atoms with E-state index in [9.17, 15) is 4.79 Å². The Balaban J connectivity index is 1.61. The third kappa shape index (κ3) is 4.67. The Kier molecular flexibility index (Phi) is 5.40. The Bertz CT molecular complexity index is 387. The van der Waals surface area contributed by atoms with E-state index in [0.717, 1.165) is 18.0 Å². The maximum Gasteiger partial charge on any atom is 0.310 e. The van der Waals surface area contributed by atoms with E-state index in [4.69, 9.17) is 4.74 Å². The van der Waals surface area contributed by atoms with E-state index in [2.05, 4.69) is 5.32 Å². The van der Waals surface area contributed by atoms with Gasteiger partial charge in [0.05, 0.1) is 5.92 Å². The molecule has 0 spiro atoms. The van der Waals surface area contributed by atoms with Crippen molar-refractivity contribution in [3.63, 3.8) is 0 Å². The van der Waals surface area contributed by atoms with Gasteiger partial charge in [-0.05, 0) is 30.9 Å². The first-order valence-electron chi connectivity index (χ1n) is 7.17. The van der Waals surface area contributed by atoms with Gasteiger partial charge in [0, 0.05) is 6.54 Å². The van der Waals surface area contributed by atoms with Crippen LogP contribution in [0, 0.1) is 11.8 Å². The fourth-order valence-corrected chi connectivity index (χ4v) is 2.16. The number of carbonyl (C=O) groups excluding carboxylic acids is 1. The van der Waals surface area contributed by atoms with Crippen LogP contribution >= 0.6 is 0 Å². The molecule has 0 aliphatic heterocycles. The summed E-state index contributed by atoms with van der Waals surface area (Å²) in [5, 5.41) is 3.37. The van der Waals surface area contributed by atoms with E-state index in [1.165, 1.54) is 19.3 Å². The van der Waals surface area contributed by atoms with E-state index in [-0.39, 0.29) is 11.9 Å². The lowest BCUT2D eigenvalue weighted by atomic mass is 9.85. The van der Waals surface area contributed by atoms with Crippen LogP contribution in [-0.2, 0) is 16.1 Å². The van der Waals surface area contributed by atoms with Crippen LogP contribution in [0.4, 0.5) is 0 Å². The Morgan fingerprint density at radius 1 is 1.37 bits per heavy atom. The molecule has 0 bridgehead atoms. The molecule has 0 saturated heterocycles. The maximum absolute atomic E-state index is 11.8. The number of carbonyl (C=O) groups is 1. The van der Waals surface area contributed by atoms with Crippen molar-refractivity contribution in [2.75, 3.05) is 13.1 Å². The van der Waals surface area contributed by atoms with Crippen LogP contribution < -0.4 is 5.32 Å². The molecule has 0 aromatic heterocycles. The predicted molar refractivity (Wildman–Crippen MR) is 75.6 cm³/mol. The Morgan fingerprint density at radius 3 is 2.74 bits per heavy atom. The topological polar surface area (TPSA) is 38.3 Å². The molecule has 1 atom stereocenters. The van der Waals surface area contributed by atoms with Gasteiger partial charge in [0.25, 0.3) is 0 Å². The van der Waals surface area contributed by atoms with Crippen LogP contribution in [0.25, 0.3) is 0 Å². The predicted octanol–water partition coefficient (Wildman–Crippen LogP) is 2.76. The van der Waals surface area contributed by atoms with Crippen LogP contribution in [-0.4, -0.2) is 19.1 Å². The number of esters is 1. The third-order valence-electron chi connectivity index (χ3n) is 3.73.